The molecule has 0 aliphatic carbocycles. The molecule has 1 aromatic rings. The standard InChI is InChI=1S/C16H22N2O3/c1-4-21-11-12(2)18-10-14(19)17-16(3,15(18)20)13-8-6-5-7-9-13/h5-9,12H,4,10-11H2,1-3H3,(H,17,19). The molecule has 1 aromatic carbocycles. The molecular weight excluding hydrogens is 268 g/mol. The van der Waals surface area contributed by atoms with E-state index >= 15 is 0 Å². The monoisotopic (exact) mass is 290 g/mol. The largest absolute Gasteiger partial charge is 0.380 e. The van der Waals surface area contributed by atoms with E-state index in [1.807, 2.05) is 44.2 Å². The predicted octanol–water partition coefficient (Wildman–Crippen LogP) is 1.29. The lowest BCUT2D eigenvalue weighted by atomic mass is 9.88. The quantitative estimate of drug-likeness (QED) is 0.889. The van der Waals surface area contributed by atoms with Crippen molar-refractivity contribution < 1.29 is 14.3 Å². The van der Waals surface area contributed by atoms with Crippen LogP contribution in [0.25, 0.3) is 0 Å². The number of ether oxygens (including phenoxy) is 1. The minimum atomic E-state index is -1.02. The second-order valence-electron chi connectivity index (χ2n) is 5.48. The molecule has 1 heterocycles. The van der Waals surface area contributed by atoms with Crippen LogP contribution in [0.1, 0.15) is 26.3 Å². The number of carbonyl (C=O) groups is 2. The van der Waals surface area contributed by atoms with Crippen molar-refractivity contribution in [2.24, 2.45) is 0 Å². The number of rotatable bonds is 5. The van der Waals surface area contributed by atoms with E-state index in [1.54, 1.807) is 11.8 Å². The van der Waals surface area contributed by atoms with Crippen LogP contribution >= 0.6 is 0 Å². The number of amides is 2. The zero-order valence-corrected chi connectivity index (χ0v) is 12.8. The summed E-state index contributed by atoms with van der Waals surface area (Å²) in [4.78, 5) is 26.5. The summed E-state index contributed by atoms with van der Waals surface area (Å²) in [5.41, 5.74) is -0.228. The highest BCUT2D eigenvalue weighted by atomic mass is 16.5. The van der Waals surface area contributed by atoms with Crippen LogP contribution in [0, 0.1) is 0 Å². The van der Waals surface area contributed by atoms with Crippen molar-refractivity contribution in [1.29, 1.82) is 0 Å². The van der Waals surface area contributed by atoms with Crippen molar-refractivity contribution in [2.45, 2.75) is 32.4 Å². The number of hydrogen-bond acceptors (Lipinski definition) is 3. The highest BCUT2D eigenvalue weighted by molar-refractivity contribution is 5.98. The second-order valence-corrected chi connectivity index (χ2v) is 5.48. The first kappa shape index (κ1) is 15.5. The van der Waals surface area contributed by atoms with Crippen LogP contribution < -0.4 is 5.32 Å². The number of hydrogen-bond donors (Lipinski definition) is 1. The van der Waals surface area contributed by atoms with Crippen LogP contribution in [-0.4, -0.2) is 42.5 Å². The van der Waals surface area contributed by atoms with Crippen LogP contribution in [0.15, 0.2) is 30.3 Å². The van der Waals surface area contributed by atoms with Gasteiger partial charge in [0.2, 0.25) is 5.91 Å². The van der Waals surface area contributed by atoms with Gasteiger partial charge in [0.05, 0.1) is 12.6 Å². The second kappa shape index (κ2) is 6.26. The Hall–Kier alpha value is -1.88. The van der Waals surface area contributed by atoms with Crippen molar-refractivity contribution in [1.82, 2.24) is 10.2 Å². The van der Waals surface area contributed by atoms with Crippen molar-refractivity contribution in [2.75, 3.05) is 19.8 Å². The van der Waals surface area contributed by atoms with Crippen molar-refractivity contribution in [3.05, 3.63) is 35.9 Å². The maximum Gasteiger partial charge on any atom is 0.253 e. The highest BCUT2D eigenvalue weighted by Gasteiger charge is 2.45. The van der Waals surface area contributed by atoms with E-state index in [0.717, 1.165) is 5.56 Å². The smallest absolute Gasteiger partial charge is 0.253 e. The van der Waals surface area contributed by atoms with Gasteiger partial charge < -0.3 is 15.0 Å². The lowest BCUT2D eigenvalue weighted by Crippen LogP contribution is -2.65. The molecule has 1 fully saturated rings. The van der Waals surface area contributed by atoms with E-state index in [9.17, 15) is 9.59 Å². The fourth-order valence-corrected chi connectivity index (χ4v) is 2.59. The van der Waals surface area contributed by atoms with Gasteiger partial charge in [-0.15, -0.1) is 0 Å². The van der Waals surface area contributed by atoms with Crippen molar-refractivity contribution in [3.63, 3.8) is 0 Å². The lowest BCUT2D eigenvalue weighted by Gasteiger charge is -2.42. The average molecular weight is 290 g/mol. The van der Waals surface area contributed by atoms with Crippen LogP contribution in [0.5, 0.6) is 0 Å². The van der Waals surface area contributed by atoms with Gasteiger partial charge in [-0.1, -0.05) is 30.3 Å². The van der Waals surface area contributed by atoms with E-state index in [2.05, 4.69) is 5.32 Å². The first-order valence-electron chi connectivity index (χ1n) is 7.24. The maximum absolute atomic E-state index is 12.9. The summed E-state index contributed by atoms with van der Waals surface area (Å²) < 4.78 is 5.38. The molecule has 114 valence electrons. The molecule has 0 aromatic heterocycles. The first-order valence-corrected chi connectivity index (χ1v) is 7.24. The summed E-state index contributed by atoms with van der Waals surface area (Å²) in [6.07, 6.45) is 0. The van der Waals surface area contributed by atoms with Gasteiger partial charge in [-0.05, 0) is 26.3 Å². The first-order chi connectivity index (χ1) is 9.99. The molecule has 5 heteroatoms. The van der Waals surface area contributed by atoms with Crippen molar-refractivity contribution >= 4 is 11.8 Å². The van der Waals surface area contributed by atoms with E-state index < -0.39 is 5.54 Å². The summed E-state index contributed by atoms with van der Waals surface area (Å²) in [5.74, 6) is -0.246. The summed E-state index contributed by atoms with van der Waals surface area (Å²) >= 11 is 0. The molecule has 2 amide bonds. The van der Waals surface area contributed by atoms with E-state index in [4.69, 9.17) is 4.74 Å². The number of carbonyl (C=O) groups excluding carboxylic acids is 2. The third kappa shape index (κ3) is 3.08. The van der Waals surface area contributed by atoms with E-state index in [0.29, 0.717) is 13.2 Å². The molecule has 1 aliphatic heterocycles. The fraction of sp³-hybridized carbons (Fsp3) is 0.500. The Morgan fingerprint density at radius 1 is 1.33 bits per heavy atom. The summed E-state index contributed by atoms with van der Waals surface area (Å²) in [5, 5.41) is 2.83. The molecule has 1 aliphatic rings. The van der Waals surface area contributed by atoms with Gasteiger partial charge in [0.25, 0.3) is 5.91 Å². The van der Waals surface area contributed by atoms with Gasteiger partial charge in [-0.25, -0.2) is 0 Å². The van der Waals surface area contributed by atoms with Crippen LogP contribution in [-0.2, 0) is 19.9 Å². The molecule has 2 rings (SSSR count). The Kier molecular flexibility index (Phi) is 4.63. The average Bonchev–Trinajstić information content (AvgIpc) is 2.49. The minimum absolute atomic E-state index is 0.0789. The van der Waals surface area contributed by atoms with Gasteiger partial charge in [0.15, 0.2) is 0 Å². The lowest BCUT2D eigenvalue weighted by molar-refractivity contribution is -0.153. The van der Waals surface area contributed by atoms with E-state index in [-0.39, 0.29) is 24.4 Å². The zero-order valence-electron chi connectivity index (χ0n) is 12.8. The Morgan fingerprint density at radius 3 is 2.62 bits per heavy atom. The van der Waals surface area contributed by atoms with Gasteiger partial charge >= 0.3 is 0 Å². The molecule has 5 nitrogen and oxygen atoms in total. The highest BCUT2D eigenvalue weighted by Crippen LogP contribution is 2.27. The van der Waals surface area contributed by atoms with Gasteiger partial charge in [-0.3, -0.25) is 9.59 Å². The summed E-state index contributed by atoms with van der Waals surface area (Å²) in [6, 6.07) is 9.19. The maximum atomic E-state index is 12.9. The Balaban J connectivity index is 2.27. The molecule has 0 bridgehead atoms. The number of benzene rings is 1. The molecule has 2 unspecified atom stereocenters. The third-order valence-corrected chi connectivity index (χ3v) is 3.84. The van der Waals surface area contributed by atoms with E-state index in [1.165, 1.54) is 0 Å². The van der Waals surface area contributed by atoms with Crippen LogP contribution in [0.2, 0.25) is 0 Å². The number of piperazine rings is 1. The summed E-state index contributed by atoms with van der Waals surface area (Å²) in [6.45, 7) is 6.66. The molecule has 1 N–H and O–H groups in total. The molecule has 0 radical (unpaired) electrons. The van der Waals surface area contributed by atoms with Gasteiger partial charge in [0, 0.05) is 6.61 Å². The minimum Gasteiger partial charge on any atom is -0.380 e. The molecular formula is C16H22N2O3. The van der Waals surface area contributed by atoms with Crippen LogP contribution in [0.4, 0.5) is 0 Å². The third-order valence-electron chi connectivity index (χ3n) is 3.84. The zero-order chi connectivity index (χ0) is 15.5. The normalized spacial score (nSPS) is 23.9. The topological polar surface area (TPSA) is 58.6 Å². The fourth-order valence-electron chi connectivity index (χ4n) is 2.59. The predicted molar refractivity (Wildman–Crippen MR) is 79.6 cm³/mol. The molecule has 21 heavy (non-hydrogen) atoms. The van der Waals surface area contributed by atoms with Crippen molar-refractivity contribution in [3.8, 4) is 0 Å². The Labute approximate surface area is 125 Å². The molecule has 2 atom stereocenters. The van der Waals surface area contributed by atoms with Gasteiger partial charge in [0.1, 0.15) is 12.1 Å². The van der Waals surface area contributed by atoms with Gasteiger partial charge in [-0.2, -0.15) is 0 Å². The molecule has 0 spiro atoms. The molecule has 1 saturated heterocycles. The van der Waals surface area contributed by atoms with Crippen LogP contribution in [0.3, 0.4) is 0 Å². The number of nitrogens with one attached hydrogen (secondary N) is 1. The molecule has 0 saturated carbocycles. The summed E-state index contributed by atoms with van der Waals surface area (Å²) in [7, 11) is 0. The Bertz CT molecular complexity index is 518. The number of nitrogens with zero attached hydrogens (tertiary/aromatic N) is 1. The Morgan fingerprint density at radius 2 is 2.00 bits per heavy atom. The SMILES string of the molecule is CCOCC(C)N1CC(=O)NC(C)(c2ccccc2)C1=O.